The molecule has 0 aliphatic carbocycles. The summed E-state index contributed by atoms with van der Waals surface area (Å²) in [6.45, 7) is 1.72. The first-order valence-corrected chi connectivity index (χ1v) is 8.85. The highest BCUT2D eigenvalue weighted by molar-refractivity contribution is 9.10. The minimum Gasteiger partial charge on any atom is -0.392 e. The molecule has 0 saturated heterocycles. The Kier molecular flexibility index (Phi) is 6.91. The molecule has 134 valence electrons. The lowest BCUT2D eigenvalue weighted by atomic mass is 10.3. The number of amides is 1. The maximum atomic E-state index is 13.2. The van der Waals surface area contributed by atoms with E-state index in [1.54, 1.807) is 6.92 Å². The molecule has 2 aromatic rings. The van der Waals surface area contributed by atoms with Crippen molar-refractivity contribution in [3.8, 4) is 0 Å². The van der Waals surface area contributed by atoms with Crippen molar-refractivity contribution >= 4 is 45.1 Å². The third-order valence-electron chi connectivity index (χ3n) is 2.82. The highest BCUT2D eigenvalue weighted by Crippen LogP contribution is 2.22. The number of hydrogen-bond donors (Lipinski definition) is 4. The molecule has 0 bridgehead atoms. The third kappa shape index (κ3) is 5.80. The van der Waals surface area contributed by atoms with E-state index in [-0.39, 0.29) is 39.2 Å². The Labute approximate surface area is 155 Å². The fourth-order valence-corrected chi connectivity index (χ4v) is 2.76. The van der Waals surface area contributed by atoms with Gasteiger partial charge in [0.2, 0.25) is 5.91 Å². The van der Waals surface area contributed by atoms with E-state index in [9.17, 15) is 9.18 Å². The summed E-state index contributed by atoms with van der Waals surface area (Å²) >= 11 is 4.11. The van der Waals surface area contributed by atoms with Crippen molar-refractivity contribution in [2.24, 2.45) is 0 Å². The molecule has 1 heterocycles. The minimum absolute atomic E-state index is 0.0311. The number of carbonyl (C=O) groups is 1. The average Bonchev–Trinajstić information content (AvgIpc) is 3.03. The number of thioether (sulfide) groups is 1. The van der Waals surface area contributed by atoms with Gasteiger partial charge in [0.25, 0.3) is 0 Å². The zero-order valence-electron chi connectivity index (χ0n) is 13.0. The van der Waals surface area contributed by atoms with Crippen molar-refractivity contribution in [1.82, 2.24) is 15.6 Å². The van der Waals surface area contributed by atoms with Crippen LogP contribution in [0, 0.1) is 11.2 Å². The Hall–Kier alpha value is -1.98. The fourth-order valence-electron chi connectivity index (χ4n) is 1.65. The van der Waals surface area contributed by atoms with Gasteiger partial charge in [-0.05, 0) is 51.4 Å². The number of carbonyl (C=O) groups excluding carboxylic acids is 1. The number of rotatable bonds is 7. The lowest BCUT2D eigenvalue weighted by molar-refractivity contribution is -0.118. The van der Waals surface area contributed by atoms with Crippen LogP contribution in [0.3, 0.4) is 0 Å². The Morgan fingerprint density at radius 3 is 2.96 bits per heavy atom. The van der Waals surface area contributed by atoms with Gasteiger partial charge in [0.15, 0.2) is 16.6 Å². The minimum atomic E-state index is -0.634. The van der Waals surface area contributed by atoms with Crippen molar-refractivity contribution in [3.05, 3.63) is 34.2 Å². The lowest BCUT2D eigenvalue weighted by Crippen LogP contribution is -2.31. The predicted molar refractivity (Wildman–Crippen MR) is 94.3 cm³/mol. The van der Waals surface area contributed by atoms with Crippen molar-refractivity contribution in [3.63, 3.8) is 0 Å². The Balaban J connectivity index is 1.96. The highest BCUT2D eigenvalue weighted by atomic mass is 79.9. The number of nitrogens with zero attached hydrogens (tertiary/aromatic N) is 2. The van der Waals surface area contributed by atoms with Crippen LogP contribution in [-0.2, 0) is 4.79 Å². The molecule has 2 rings (SSSR count). The molecule has 0 aliphatic heterocycles. The van der Waals surface area contributed by atoms with Gasteiger partial charge in [-0.15, -0.1) is 0 Å². The standard InChI is InChI=1S/C14H15BrFN5O3S/c1-7(22)5-18-11(23)6-25-14-12(20-24-21-14)13(17)19-8-2-3-10(16)9(15)4-8/h2-4,7,22H,5-6H2,1H3,(H2,17,19)(H,18,23). The van der Waals surface area contributed by atoms with Crippen LogP contribution in [-0.4, -0.2) is 45.6 Å². The number of halogens is 2. The molecule has 25 heavy (non-hydrogen) atoms. The second-order valence-electron chi connectivity index (χ2n) is 4.99. The topological polar surface area (TPSA) is 124 Å². The molecule has 0 aliphatic rings. The Bertz CT molecular complexity index is 771. The molecule has 1 atom stereocenters. The maximum absolute atomic E-state index is 13.2. The maximum Gasteiger partial charge on any atom is 0.230 e. The van der Waals surface area contributed by atoms with Crippen LogP contribution in [0.1, 0.15) is 12.6 Å². The number of aliphatic hydroxyl groups excluding tert-OH is 1. The zero-order chi connectivity index (χ0) is 18.4. The molecule has 1 aromatic carbocycles. The lowest BCUT2D eigenvalue weighted by Gasteiger charge is -2.08. The first-order chi connectivity index (χ1) is 11.9. The van der Waals surface area contributed by atoms with Crippen molar-refractivity contribution < 1.29 is 18.9 Å². The molecule has 1 aromatic heterocycles. The number of aliphatic hydroxyl groups is 1. The summed E-state index contributed by atoms with van der Waals surface area (Å²) in [4.78, 5) is 11.7. The molecule has 0 saturated carbocycles. The predicted octanol–water partition coefficient (Wildman–Crippen LogP) is 2.00. The first-order valence-electron chi connectivity index (χ1n) is 7.08. The molecule has 4 N–H and O–H groups in total. The summed E-state index contributed by atoms with van der Waals surface area (Å²) in [5.74, 6) is -0.781. The zero-order valence-corrected chi connectivity index (χ0v) is 15.4. The van der Waals surface area contributed by atoms with E-state index in [2.05, 4.69) is 41.5 Å². The molecule has 0 spiro atoms. The van der Waals surface area contributed by atoms with Crippen LogP contribution in [0.15, 0.2) is 32.3 Å². The number of hydrogen-bond acceptors (Lipinski definition) is 7. The van der Waals surface area contributed by atoms with E-state index < -0.39 is 11.9 Å². The van der Waals surface area contributed by atoms with Gasteiger partial charge in [0.05, 0.1) is 16.3 Å². The van der Waals surface area contributed by atoms with Crippen molar-refractivity contribution in [1.29, 1.82) is 5.41 Å². The second-order valence-corrected chi connectivity index (χ2v) is 6.81. The van der Waals surface area contributed by atoms with Crippen LogP contribution >= 0.6 is 27.7 Å². The second kappa shape index (κ2) is 8.92. The summed E-state index contributed by atoms with van der Waals surface area (Å²) < 4.78 is 18.1. The summed E-state index contributed by atoms with van der Waals surface area (Å²) in [5, 5.41) is 30.1. The van der Waals surface area contributed by atoms with Gasteiger partial charge in [-0.3, -0.25) is 10.2 Å². The Morgan fingerprint density at radius 2 is 2.28 bits per heavy atom. The van der Waals surface area contributed by atoms with Crippen molar-refractivity contribution in [2.75, 3.05) is 17.6 Å². The van der Waals surface area contributed by atoms with Gasteiger partial charge in [-0.1, -0.05) is 11.8 Å². The molecule has 11 heteroatoms. The Morgan fingerprint density at radius 1 is 1.52 bits per heavy atom. The molecule has 0 radical (unpaired) electrons. The summed E-state index contributed by atoms with van der Waals surface area (Å²) in [5.41, 5.74) is 0.612. The fraction of sp³-hybridized carbons (Fsp3) is 0.286. The van der Waals surface area contributed by atoms with E-state index in [0.29, 0.717) is 5.69 Å². The SMILES string of the molecule is CC(O)CNC(=O)CSc1nonc1C(=N)Nc1ccc(F)c(Br)c1. The van der Waals surface area contributed by atoms with Crippen LogP contribution < -0.4 is 10.6 Å². The smallest absolute Gasteiger partial charge is 0.230 e. The normalized spacial score (nSPS) is 11.8. The van der Waals surface area contributed by atoms with E-state index in [4.69, 9.17) is 10.5 Å². The van der Waals surface area contributed by atoms with E-state index in [1.165, 1.54) is 18.2 Å². The molecule has 8 nitrogen and oxygen atoms in total. The van der Waals surface area contributed by atoms with Gasteiger partial charge >= 0.3 is 0 Å². The number of amidine groups is 1. The highest BCUT2D eigenvalue weighted by Gasteiger charge is 2.17. The van der Waals surface area contributed by atoms with Gasteiger partial charge in [-0.2, -0.15) is 0 Å². The summed E-state index contributed by atoms with van der Waals surface area (Å²) in [6.07, 6.45) is -0.634. The average molecular weight is 432 g/mol. The number of anilines is 1. The molecular weight excluding hydrogens is 417 g/mol. The van der Waals surface area contributed by atoms with Crippen LogP contribution in [0.5, 0.6) is 0 Å². The van der Waals surface area contributed by atoms with Gasteiger partial charge in [-0.25, -0.2) is 9.02 Å². The molecular formula is C14H15BrFN5O3S. The van der Waals surface area contributed by atoms with Gasteiger partial charge < -0.3 is 15.7 Å². The van der Waals surface area contributed by atoms with E-state index >= 15 is 0 Å². The number of benzene rings is 1. The number of aromatic nitrogens is 2. The van der Waals surface area contributed by atoms with Crippen LogP contribution in [0.25, 0.3) is 0 Å². The largest absolute Gasteiger partial charge is 0.392 e. The summed E-state index contributed by atoms with van der Waals surface area (Å²) in [6, 6.07) is 4.20. The van der Waals surface area contributed by atoms with E-state index in [1.807, 2.05) is 0 Å². The van der Waals surface area contributed by atoms with Gasteiger partial charge in [0.1, 0.15) is 5.82 Å². The third-order valence-corrected chi connectivity index (χ3v) is 4.37. The van der Waals surface area contributed by atoms with Crippen molar-refractivity contribution in [2.45, 2.75) is 18.1 Å². The summed E-state index contributed by atoms with van der Waals surface area (Å²) in [7, 11) is 0. The molecule has 1 unspecified atom stereocenters. The van der Waals surface area contributed by atoms with Crippen LogP contribution in [0.2, 0.25) is 0 Å². The quantitative estimate of drug-likeness (QED) is 0.300. The molecule has 0 fully saturated rings. The molecule has 1 amide bonds. The first kappa shape index (κ1) is 19.3. The number of nitrogens with one attached hydrogen (secondary N) is 3. The van der Waals surface area contributed by atoms with Gasteiger partial charge in [0, 0.05) is 12.2 Å². The van der Waals surface area contributed by atoms with E-state index in [0.717, 1.165) is 11.8 Å². The van der Waals surface area contributed by atoms with Crippen LogP contribution in [0.4, 0.5) is 10.1 Å². The monoisotopic (exact) mass is 431 g/mol.